The van der Waals surface area contributed by atoms with Gasteiger partial charge in [-0.15, -0.1) is 0 Å². The number of ether oxygens (including phenoxy) is 3. The molecule has 0 aromatic heterocycles. The van der Waals surface area contributed by atoms with Crippen LogP contribution in [0, 0.1) is 0 Å². The fourth-order valence-electron chi connectivity index (χ4n) is 2.38. The van der Waals surface area contributed by atoms with E-state index in [9.17, 15) is 9.59 Å². The molecule has 0 radical (unpaired) electrons. The lowest BCUT2D eigenvalue weighted by Gasteiger charge is -2.20. The van der Waals surface area contributed by atoms with Gasteiger partial charge >= 0.3 is 0 Å². The van der Waals surface area contributed by atoms with Crippen molar-refractivity contribution in [2.45, 2.75) is 13.0 Å². The summed E-state index contributed by atoms with van der Waals surface area (Å²) in [5.74, 6) is 0.506. The molecule has 2 aromatic carbocycles. The van der Waals surface area contributed by atoms with E-state index >= 15 is 0 Å². The Kier molecular flexibility index (Phi) is 4.74. The van der Waals surface area contributed by atoms with E-state index in [1.807, 2.05) is 0 Å². The highest BCUT2D eigenvalue weighted by atomic mass is 16.6. The van der Waals surface area contributed by atoms with Crippen LogP contribution in [-0.2, 0) is 4.79 Å². The summed E-state index contributed by atoms with van der Waals surface area (Å²) in [7, 11) is 0. The molecule has 130 valence electrons. The van der Waals surface area contributed by atoms with Crippen LogP contribution in [-0.4, -0.2) is 31.1 Å². The van der Waals surface area contributed by atoms with Crippen LogP contribution in [0.25, 0.3) is 0 Å². The number of nitrogens with one attached hydrogen (secondary N) is 1. The second-order valence-corrected chi connectivity index (χ2v) is 5.47. The zero-order chi connectivity index (χ0) is 17.8. The van der Waals surface area contributed by atoms with Gasteiger partial charge < -0.3 is 25.3 Å². The molecule has 1 heterocycles. The Labute approximate surface area is 144 Å². The van der Waals surface area contributed by atoms with Crippen molar-refractivity contribution in [1.29, 1.82) is 0 Å². The van der Waals surface area contributed by atoms with Gasteiger partial charge in [-0.3, -0.25) is 9.59 Å². The molecular weight excluding hydrogens is 324 g/mol. The number of amides is 2. The van der Waals surface area contributed by atoms with Crippen molar-refractivity contribution in [2.75, 3.05) is 18.5 Å². The van der Waals surface area contributed by atoms with Gasteiger partial charge in [0.05, 0.1) is 5.56 Å². The third-order valence-electron chi connectivity index (χ3n) is 3.64. The first kappa shape index (κ1) is 16.6. The number of nitrogens with two attached hydrogens (primary N) is 1. The monoisotopic (exact) mass is 342 g/mol. The fraction of sp³-hybridized carbons (Fsp3) is 0.222. The molecule has 25 heavy (non-hydrogen) atoms. The molecule has 7 heteroatoms. The quantitative estimate of drug-likeness (QED) is 0.865. The van der Waals surface area contributed by atoms with Crippen LogP contribution in [0.15, 0.2) is 42.5 Å². The maximum Gasteiger partial charge on any atom is 0.265 e. The Hall–Kier alpha value is -3.22. The Morgan fingerprint density at radius 3 is 2.60 bits per heavy atom. The molecule has 0 saturated heterocycles. The summed E-state index contributed by atoms with van der Waals surface area (Å²) in [6, 6.07) is 11.7. The van der Waals surface area contributed by atoms with Crippen LogP contribution in [0.3, 0.4) is 0 Å². The van der Waals surface area contributed by atoms with E-state index in [-0.39, 0.29) is 17.2 Å². The third-order valence-corrected chi connectivity index (χ3v) is 3.64. The normalized spacial score (nSPS) is 13.6. The highest BCUT2D eigenvalue weighted by Gasteiger charge is 2.19. The summed E-state index contributed by atoms with van der Waals surface area (Å²) in [4.78, 5) is 23.8. The average Bonchev–Trinajstić information content (AvgIpc) is 2.61. The lowest BCUT2D eigenvalue weighted by molar-refractivity contribution is -0.122. The van der Waals surface area contributed by atoms with Gasteiger partial charge in [0.1, 0.15) is 19.0 Å². The van der Waals surface area contributed by atoms with E-state index < -0.39 is 12.0 Å². The number of hydrogen-bond donors (Lipinski definition) is 2. The van der Waals surface area contributed by atoms with Gasteiger partial charge in [0.2, 0.25) is 0 Å². The molecule has 0 spiro atoms. The van der Waals surface area contributed by atoms with Crippen molar-refractivity contribution in [3.8, 4) is 17.2 Å². The minimum absolute atomic E-state index is 0.224. The number of hydrogen-bond acceptors (Lipinski definition) is 5. The average molecular weight is 342 g/mol. The summed E-state index contributed by atoms with van der Waals surface area (Å²) in [6.07, 6.45) is -0.825. The molecule has 1 aliphatic rings. The van der Waals surface area contributed by atoms with E-state index in [2.05, 4.69) is 5.32 Å². The largest absolute Gasteiger partial charge is 0.486 e. The summed E-state index contributed by atoms with van der Waals surface area (Å²) < 4.78 is 16.5. The van der Waals surface area contributed by atoms with Crippen LogP contribution in [0.2, 0.25) is 0 Å². The van der Waals surface area contributed by atoms with Gasteiger partial charge in [-0.1, -0.05) is 12.1 Å². The smallest absolute Gasteiger partial charge is 0.265 e. The number of primary amides is 1. The highest BCUT2D eigenvalue weighted by molar-refractivity contribution is 5.97. The molecule has 3 rings (SSSR count). The first-order valence-corrected chi connectivity index (χ1v) is 7.80. The molecule has 7 nitrogen and oxygen atoms in total. The second kappa shape index (κ2) is 7.12. The summed E-state index contributed by atoms with van der Waals surface area (Å²) in [5, 5.41) is 2.75. The number of carbonyl (C=O) groups is 2. The maximum atomic E-state index is 12.3. The van der Waals surface area contributed by atoms with Crippen molar-refractivity contribution < 1.29 is 23.8 Å². The van der Waals surface area contributed by atoms with E-state index in [4.69, 9.17) is 19.9 Å². The standard InChI is InChI=1S/C18H18N2O5/c1-11(25-14-5-3-2-4-13(14)17(19)21)18(22)20-12-6-7-15-16(10-12)24-9-8-23-15/h2-7,10-11H,8-9H2,1H3,(H2,19,21)(H,20,22)/t11-/m0/s1. The van der Waals surface area contributed by atoms with Crippen molar-refractivity contribution in [2.24, 2.45) is 5.73 Å². The predicted molar refractivity (Wildman–Crippen MR) is 91.1 cm³/mol. The molecule has 1 aliphatic heterocycles. The Morgan fingerprint density at radius 1 is 1.12 bits per heavy atom. The van der Waals surface area contributed by atoms with Crippen LogP contribution < -0.4 is 25.3 Å². The third kappa shape index (κ3) is 3.82. The Balaban J connectivity index is 1.68. The van der Waals surface area contributed by atoms with Gasteiger partial charge in [0.15, 0.2) is 17.6 Å². The summed E-state index contributed by atoms with van der Waals surface area (Å²) in [5.41, 5.74) is 6.10. The summed E-state index contributed by atoms with van der Waals surface area (Å²) in [6.45, 7) is 2.56. The number of anilines is 1. The zero-order valence-electron chi connectivity index (χ0n) is 13.7. The number of carbonyl (C=O) groups excluding carboxylic acids is 2. The fourth-order valence-corrected chi connectivity index (χ4v) is 2.38. The molecule has 0 fully saturated rings. The van der Waals surface area contributed by atoms with Crippen molar-refractivity contribution in [1.82, 2.24) is 0 Å². The molecule has 0 bridgehead atoms. The van der Waals surface area contributed by atoms with Crippen molar-refractivity contribution >= 4 is 17.5 Å². The minimum atomic E-state index is -0.825. The first-order valence-electron chi connectivity index (χ1n) is 7.80. The lowest BCUT2D eigenvalue weighted by Crippen LogP contribution is -2.31. The first-order chi connectivity index (χ1) is 12.0. The van der Waals surface area contributed by atoms with Crippen molar-refractivity contribution in [3.05, 3.63) is 48.0 Å². The molecule has 0 unspecified atom stereocenters. The topological polar surface area (TPSA) is 99.9 Å². The molecule has 0 saturated carbocycles. The van der Waals surface area contributed by atoms with Gasteiger partial charge in [-0.2, -0.15) is 0 Å². The van der Waals surface area contributed by atoms with E-state index in [1.54, 1.807) is 49.4 Å². The predicted octanol–water partition coefficient (Wildman–Crippen LogP) is 1.96. The SMILES string of the molecule is C[C@H](Oc1ccccc1C(N)=O)C(=O)Nc1ccc2c(c1)OCCO2. The Morgan fingerprint density at radius 2 is 1.84 bits per heavy atom. The van der Waals surface area contributed by atoms with Crippen LogP contribution in [0.1, 0.15) is 17.3 Å². The number of fused-ring (bicyclic) bond motifs is 1. The number of rotatable bonds is 5. The van der Waals surface area contributed by atoms with Gasteiger partial charge in [-0.05, 0) is 31.2 Å². The van der Waals surface area contributed by atoms with Gasteiger partial charge in [0, 0.05) is 11.8 Å². The van der Waals surface area contributed by atoms with Gasteiger partial charge in [0.25, 0.3) is 11.8 Å². The molecule has 1 atom stereocenters. The van der Waals surface area contributed by atoms with E-state index in [1.165, 1.54) is 0 Å². The van der Waals surface area contributed by atoms with Gasteiger partial charge in [-0.25, -0.2) is 0 Å². The molecule has 2 amide bonds. The highest BCUT2D eigenvalue weighted by Crippen LogP contribution is 2.32. The minimum Gasteiger partial charge on any atom is -0.486 e. The van der Waals surface area contributed by atoms with Crippen molar-refractivity contribution in [3.63, 3.8) is 0 Å². The van der Waals surface area contributed by atoms with E-state index in [0.717, 1.165) is 0 Å². The lowest BCUT2D eigenvalue weighted by atomic mass is 10.2. The van der Waals surface area contributed by atoms with Crippen LogP contribution >= 0.6 is 0 Å². The van der Waals surface area contributed by atoms with E-state index in [0.29, 0.717) is 30.4 Å². The second-order valence-electron chi connectivity index (χ2n) is 5.47. The van der Waals surface area contributed by atoms with Crippen LogP contribution in [0.5, 0.6) is 17.2 Å². The number of benzene rings is 2. The molecular formula is C18H18N2O5. The van der Waals surface area contributed by atoms with Crippen LogP contribution in [0.4, 0.5) is 5.69 Å². The zero-order valence-corrected chi connectivity index (χ0v) is 13.7. The number of para-hydroxylation sites is 1. The maximum absolute atomic E-state index is 12.3. The molecule has 0 aliphatic carbocycles. The molecule has 3 N–H and O–H groups in total. The molecule has 2 aromatic rings. The Bertz CT molecular complexity index is 806. The summed E-state index contributed by atoms with van der Waals surface area (Å²) >= 11 is 0.